The van der Waals surface area contributed by atoms with Crippen LogP contribution < -0.4 is 10.5 Å². The zero-order valence-corrected chi connectivity index (χ0v) is 9.82. The summed E-state index contributed by atoms with van der Waals surface area (Å²) in [6.07, 6.45) is 4.12. The molecule has 1 saturated carbocycles. The molecule has 0 radical (unpaired) electrons. The van der Waals surface area contributed by atoms with E-state index in [-0.39, 0.29) is 5.84 Å². The normalized spacial score (nSPS) is 15.3. The molecule has 3 N–H and O–H groups in total. The Morgan fingerprint density at radius 1 is 1.24 bits per heavy atom. The minimum Gasteiger partial charge on any atom is -0.491 e. The Morgan fingerprint density at radius 2 is 1.94 bits per heavy atom. The number of nitrogens with one attached hydrogen (secondary N) is 1. The molecule has 1 aromatic carbocycles. The molecule has 17 heavy (non-hydrogen) atoms. The molecule has 0 saturated heterocycles. The fourth-order valence-electron chi connectivity index (χ4n) is 1.64. The van der Waals surface area contributed by atoms with Gasteiger partial charge in [0.15, 0.2) is 0 Å². The minimum absolute atomic E-state index is 0.0740. The predicted molar refractivity (Wildman–Crippen MR) is 66.5 cm³/mol. The molecule has 0 aromatic heterocycles. The van der Waals surface area contributed by atoms with E-state index >= 15 is 0 Å². The van der Waals surface area contributed by atoms with Gasteiger partial charge in [-0.15, -0.1) is 0 Å². The molecule has 0 bridgehead atoms. The average Bonchev–Trinajstić information content (AvgIpc) is 2.27. The van der Waals surface area contributed by atoms with Crippen LogP contribution in [0.15, 0.2) is 24.3 Å². The molecule has 0 heterocycles. The van der Waals surface area contributed by atoms with Crippen LogP contribution in [-0.4, -0.2) is 25.2 Å². The zero-order valence-electron chi connectivity index (χ0n) is 9.82. The summed E-state index contributed by atoms with van der Waals surface area (Å²) in [5.41, 5.74) is 6.07. The van der Waals surface area contributed by atoms with Gasteiger partial charge in [-0.25, -0.2) is 0 Å². The van der Waals surface area contributed by atoms with Crippen LogP contribution in [0, 0.1) is 5.41 Å². The topological polar surface area (TPSA) is 68.3 Å². The number of rotatable bonds is 6. The second-order valence-corrected chi connectivity index (χ2v) is 4.21. The van der Waals surface area contributed by atoms with Crippen molar-refractivity contribution in [1.29, 1.82) is 5.41 Å². The highest BCUT2D eigenvalue weighted by atomic mass is 16.5. The van der Waals surface area contributed by atoms with E-state index in [1.807, 2.05) is 12.1 Å². The summed E-state index contributed by atoms with van der Waals surface area (Å²) in [6.45, 7) is 1.20. The van der Waals surface area contributed by atoms with Crippen LogP contribution in [0.1, 0.15) is 24.8 Å². The van der Waals surface area contributed by atoms with Crippen LogP contribution in [0.3, 0.4) is 0 Å². The fourth-order valence-corrected chi connectivity index (χ4v) is 1.64. The molecule has 1 aliphatic rings. The van der Waals surface area contributed by atoms with Crippen molar-refractivity contribution in [1.82, 2.24) is 0 Å². The quantitative estimate of drug-likeness (QED) is 0.449. The van der Waals surface area contributed by atoms with Gasteiger partial charge >= 0.3 is 0 Å². The van der Waals surface area contributed by atoms with Crippen molar-refractivity contribution in [3.63, 3.8) is 0 Å². The van der Waals surface area contributed by atoms with Crippen molar-refractivity contribution in [3.8, 4) is 5.75 Å². The first kappa shape index (κ1) is 11.9. The van der Waals surface area contributed by atoms with Gasteiger partial charge < -0.3 is 15.2 Å². The molecule has 0 amide bonds. The highest BCUT2D eigenvalue weighted by Gasteiger charge is 2.17. The van der Waals surface area contributed by atoms with E-state index in [9.17, 15) is 0 Å². The largest absolute Gasteiger partial charge is 0.491 e. The van der Waals surface area contributed by atoms with Crippen LogP contribution in [0.5, 0.6) is 5.75 Å². The lowest BCUT2D eigenvalue weighted by atomic mass is 9.96. The van der Waals surface area contributed by atoms with Gasteiger partial charge in [0.25, 0.3) is 0 Å². The second-order valence-electron chi connectivity index (χ2n) is 4.21. The molecule has 0 spiro atoms. The van der Waals surface area contributed by atoms with Crippen molar-refractivity contribution < 1.29 is 9.47 Å². The summed E-state index contributed by atoms with van der Waals surface area (Å²) < 4.78 is 11.1. The predicted octanol–water partition coefficient (Wildman–Crippen LogP) is 1.92. The summed E-state index contributed by atoms with van der Waals surface area (Å²) in [4.78, 5) is 0. The van der Waals surface area contributed by atoms with Gasteiger partial charge in [0.05, 0.1) is 12.7 Å². The number of nitrogen functional groups attached to an aromatic ring is 1. The Kier molecular flexibility index (Phi) is 3.98. The Labute approximate surface area is 101 Å². The molecule has 1 fully saturated rings. The van der Waals surface area contributed by atoms with Crippen molar-refractivity contribution in [2.45, 2.75) is 25.4 Å². The lowest BCUT2D eigenvalue weighted by Gasteiger charge is -2.25. The van der Waals surface area contributed by atoms with Gasteiger partial charge in [0, 0.05) is 5.56 Å². The van der Waals surface area contributed by atoms with E-state index in [4.69, 9.17) is 20.6 Å². The number of benzene rings is 1. The van der Waals surface area contributed by atoms with Crippen LogP contribution >= 0.6 is 0 Å². The first-order valence-electron chi connectivity index (χ1n) is 5.94. The van der Waals surface area contributed by atoms with Crippen LogP contribution in [-0.2, 0) is 4.74 Å². The molecule has 0 aliphatic heterocycles. The van der Waals surface area contributed by atoms with Gasteiger partial charge in [-0.3, -0.25) is 5.41 Å². The number of nitrogens with two attached hydrogens (primary N) is 1. The van der Waals surface area contributed by atoms with Crippen molar-refractivity contribution in [2.75, 3.05) is 13.2 Å². The maximum Gasteiger partial charge on any atom is 0.122 e. The summed E-state index contributed by atoms with van der Waals surface area (Å²) >= 11 is 0. The highest BCUT2D eigenvalue weighted by Crippen LogP contribution is 2.21. The maximum atomic E-state index is 7.27. The molecule has 4 nitrogen and oxygen atoms in total. The van der Waals surface area contributed by atoms with Crippen molar-refractivity contribution in [2.24, 2.45) is 5.73 Å². The Morgan fingerprint density at radius 3 is 2.47 bits per heavy atom. The molecule has 1 aliphatic carbocycles. The van der Waals surface area contributed by atoms with Crippen LogP contribution in [0.25, 0.3) is 0 Å². The summed E-state index contributed by atoms with van der Waals surface area (Å²) in [7, 11) is 0. The van der Waals surface area contributed by atoms with Gasteiger partial charge in [-0.1, -0.05) is 0 Å². The van der Waals surface area contributed by atoms with E-state index in [2.05, 4.69) is 0 Å². The SMILES string of the molecule is N=C(N)c1ccc(OCCOC2CCC2)cc1. The standard InChI is InChI=1S/C13H18N2O2/c14-13(15)10-4-6-12(7-5-10)17-9-8-16-11-2-1-3-11/h4-7,11H,1-3,8-9H2,(H3,14,15). The average molecular weight is 234 g/mol. The van der Waals surface area contributed by atoms with E-state index in [1.165, 1.54) is 19.3 Å². The van der Waals surface area contributed by atoms with Crippen LogP contribution in [0.4, 0.5) is 0 Å². The second kappa shape index (κ2) is 5.68. The number of ether oxygens (including phenoxy) is 2. The van der Waals surface area contributed by atoms with E-state index in [0.717, 1.165) is 5.75 Å². The van der Waals surface area contributed by atoms with Gasteiger partial charge in [0.2, 0.25) is 0 Å². The highest BCUT2D eigenvalue weighted by molar-refractivity contribution is 5.94. The molecule has 1 aromatic rings. The monoisotopic (exact) mass is 234 g/mol. The Bertz CT molecular complexity index is 372. The number of hydrogen-bond donors (Lipinski definition) is 2. The smallest absolute Gasteiger partial charge is 0.122 e. The van der Waals surface area contributed by atoms with Crippen molar-refractivity contribution in [3.05, 3.63) is 29.8 Å². The molecule has 0 atom stereocenters. The lowest BCUT2D eigenvalue weighted by Crippen LogP contribution is -2.23. The lowest BCUT2D eigenvalue weighted by molar-refractivity contribution is -0.0103. The molecule has 92 valence electrons. The number of hydrogen-bond acceptors (Lipinski definition) is 3. The third-order valence-corrected chi connectivity index (χ3v) is 2.92. The molecular formula is C13H18N2O2. The molecule has 0 unspecified atom stereocenters. The summed E-state index contributed by atoms with van der Waals surface area (Å²) in [5, 5.41) is 7.27. The first-order chi connectivity index (χ1) is 8.25. The molecular weight excluding hydrogens is 216 g/mol. The number of amidine groups is 1. The van der Waals surface area contributed by atoms with E-state index in [0.29, 0.717) is 24.9 Å². The zero-order chi connectivity index (χ0) is 12.1. The summed E-state index contributed by atoms with van der Waals surface area (Å²) in [5.74, 6) is 0.858. The van der Waals surface area contributed by atoms with Gasteiger partial charge in [-0.05, 0) is 43.5 Å². The first-order valence-corrected chi connectivity index (χ1v) is 5.94. The fraction of sp³-hybridized carbons (Fsp3) is 0.462. The molecule has 4 heteroatoms. The van der Waals surface area contributed by atoms with E-state index < -0.39 is 0 Å². The van der Waals surface area contributed by atoms with Gasteiger partial charge in [0.1, 0.15) is 18.2 Å². The van der Waals surface area contributed by atoms with E-state index in [1.54, 1.807) is 12.1 Å². The maximum absolute atomic E-state index is 7.27. The Hall–Kier alpha value is -1.55. The third-order valence-electron chi connectivity index (χ3n) is 2.92. The third kappa shape index (κ3) is 3.46. The van der Waals surface area contributed by atoms with Crippen molar-refractivity contribution >= 4 is 5.84 Å². The summed E-state index contributed by atoms with van der Waals surface area (Å²) in [6, 6.07) is 7.20. The molecule has 2 rings (SSSR count). The Balaban J connectivity index is 1.69. The minimum atomic E-state index is 0.0740. The van der Waals surface area contributed by atoms with Gasteiger partial charge in [-0.2, -0.15) is 0 Å². The van der Waals surface area contributed by atoms with Crippen LogP contribution in [0.2, 0.25) is 0 Å².